The van der Waals surface area contributed by atoms with Gasteiger partial charge in [0.2, 0.25) is 0 Å². The Bertz CT molecular complexity index is 676. The highest BCUT2D eigenvalue weighted by molar-refractivity contribution is 7.11. The van der Waals surface area contributed by atoms with Crippen LogP contribution < -0.4 is 10.6 Å². The van der Waals surface area contributed by atoms with E-state index < -0.39 is 0 Å². The Morgan fingerprint density at radius 1 is 1.16 bits per heavy atom. The lowest BCUT2D eigenvalue weighted by Gasteiger charge is -2.18. The number of nitrogens with one attached hydrogen (secondary N) is 2. The van der Waals surface area contributed by atoms with Crippen molar-refractivity contribution in [1.29, 1.82) is 0 Å². The maximum Gasteiger partial charge on any atom is 0.191 e. The fourth-order valence-electron chi connectivity index (χ4n) is 2.59. The van der Waals surface area contributed by atoms with Crippen molar-refractivity contribution < 1.29 is 0 Å². The summed E-state index contributed by atoms with van der Waals surface area (Å²) in [4.78, 5) is 12.3. The van der Waals surface area contributed by atoms with Gasteiger partial charge in [0.1, 0.15) is 5.01 Å². The van der Waals surface area contributed by atoms with Crippen molar-refractivity contribution in [2.45, 2.75) is 40.4 Å². The predicted molar refractivity (Wildman–Crippen MR) is 107 cm³/mol. The zero-order valence-electron chi connectivity index (χ0n) is 15.7. The summed E-state index contributed by atoms with van der Waals surface area (Å²) < 4.78 is 0. The molecule has 5 nitrogen and oxygen atoms in total. The van der Waals surface area contributed by atoms with Crippen LogP contribution in [-0.2, 0) is 19.6 Å². The van der Waals surface area contributed by atoms with E-state index in [0.717, 1.165) is 37.1 Å². The SMILES string of the molecule is CCN(CC)Cc1cccc(CNC(=NC)NCc2ncc(C)s2)c1. The highest BCUT2D eigenvalue weighted by Crippen LogP contribution is 2.10. The van der Waals surface area contributed by atoms with E-state index in [2.05, 4.69) is 70.5 Å². The number of guanidine groups is 1. The van der Waals surface area contributed by atoms with Crippen LogP contribution in [0.4, 0.5) is 0 Å². The Balaban J connectivity index is 1.86. The highest BCUT2D eigenvalue weighted by Gasteiger charge is 2.04. The van der Waals surface area contributed by atoms with E-state index in [-0.39, 0.29) is 0 Å². The lowest BCUT2D eigenvalue weighted by molar-refractivity contribution is 0.296. The molecule has 1 aromatic heterocycles. The van der Waals surface area contributed by atoms with Gasteiger partial charge < -0.3 is 10.6 Å². The molecule has 0 saturated carbocycles. The number of thiazole rings is 1. The Morgan fingerprint density at radius 2 is 1.88 bits per heavy atom. The molecule has 0 aliphatic heterocycles. The van der Waals surface area contributed by atoms with Crippen LogP contribution in [0.15, 0.2) is 35.5 Å². The van der Waals surface area contributed by atoms with Gasteiger partial charge in [0.15, 0.2) is 5.96 Å². The molecule has 0 radical (unpaired) electrons. The lowest BCUT2D eigenvalue weighted by Crippen LogP contribution is -2.36. The molecule has 0 unspecified atom stereocenters. The van der Waals surface area contributed by atoms with Gasteiger partial charge >= 0.3 is 0 Å². The number of hydrogen-bond acceptors (Lipinski definition) is 4. The van der Waals surface area contributed by atoms with Gasteiger partial charge in [-0.2, -0.15) is 0 Å². The van der Waals surface area contributed by atoms with E-state index in [4.69, 9.17) is 0 Å². The normalized spacial score (nSPS) is 11.8. The van der Waals surface area contributed by atoms with Crippen LogP contribution in [0.3, 0.4) is 0 Å². The third-order valence-corrected chi connectivity index (χ3v) is 4.96. The average molecular weight is 360 g/mol. The maximum atomic E-state index is 4.36. The quantitative estimate of drug-likeness (QED) is 0.561. The van der Waals surface area contributed by atoms with Gasteiger partial charge in [-0.25, -0.2) is 4.98 Å². The Kier molecular flexibility index (Phi) is 7.88. The lowest BCUT2D eigenvalue weighted by atomic mass is 10.1. The zero-order valence-corrected chi connectivity index (χ0v) is 16.5. The van der Waals surface area contributed by atoms with Crippen molar-refractivity contribution in [3.05, 3.63) is 51.5 Å². The zero-order chi connectivity index (χ0) is 18.1. The van der Waals surface area contributed by atoms with Crippen LogP contribution >= 0.6 is 11.3 Å². The van der Waals surface area contributed by atoms with Gasteiger partial charge in [0.25, 0.3) is 0 Å². The first-order valence-corrected chi connectivity index (χ1v) is 9.62. The number of nitrogens with zero attached hydrogens (tertiary/aromatic N) is 3. The molecular weight excluding hydrogens is 330 g/mol. The molecule has 0 saturated heterocycles. The summed E-state index contributed by atoms with van der Waals surface area (Å²) in [6.07, 6.45) is 1.90. The molecule has 0 aliphatic rings. The molecule has 0 aliphatic carbocycles. The second-order valence-corrected chi connectivity index (χ2v) is 7.24. The molecule has 0 bridgehead atoms. The van der Waals surface area contributed by atoms with Crippen LogP contribution in [0.1, 0.15) is 34.9 Å². The molecule has 0 fully saturated rings. The van der Waals surface area contributed by atoms with Gasteiger partial charge in [-0.15, -0.1) is 11.3 Å². The van der Waals surface area contributed by atoms with Gasteiger partial charge in [-0.05, 0) is 31.1 Å². The number of aliphatic imine (C=N–C) groups is 1. The molecule has 2 rings (SSSR count). The largest absolute Gasteiger partial charge is 0.352 e. The second kappa shape index (κ2) is 10.2. The number of rotatable bonds is 8. The minimum Gasteiger partial charge on any atom is -0.352 e. The summed E-state index contributed by atoms with van der Waals surface area (Å²) in [5.41, 5.74) is 2.61. The third-order valence-electron chi connectivity index (χ3n) is 4.05. The fourth-order valence-corrected chi connectivity index (χ4v) is 3.32. The second-order valence-electron chi connectivity index (χ2n) is 5.93. The number of hydrogen-bond donors (Lipinski definition) is 2. The van der Waals surface area contributed by atoms with Gasteiger partial charge in [0.05, 0.1) is 6.54 Å². The topological polar surface area (TPSA) is 52.5 Å². The predicted octanol–water partition coefficient (Wildman–Crippen LogP) is 3.16. The van der Waals surface area contributed by atoms with Crippen LogP contribution in [0.2, 0.25) is 0 Å². The summed E-state index contributed by atoms with van der Waals surface area (Å²) >= 11 is 1.71. The monoisotopic (exact) mass is 359 g/mol. The van der Waals surface area contributed by atoms with Crippen LogP contribution in [0.25, 0.3) is 0 Å². The standard InChI is InChI=1S/C19H29N5S/c1-5-24(6-2)14-17-9-7-8-16(10-17)12-22-19(20-4)23-13-18-21-11-15(3)25-18/h7-11H,5-6,12-14H2,1-4H3,(H2,20,22,23). The molecule has 0 amide bonds. The number of benzene rings is 1. The molecule has 1 heterocycles. The van der Waals surface area contributed by atoms with Crippen LogP contribution in [0, 0.1) is 6.92 Å². The van der Waals surface area contributed by atoms with E-state index in [0.29, 0.717) is 6.54 Å². The maximum absolute atomic E-state index is 4.36. The Labute approximate surface area is 155 Å². The molecular formula is C19H29N5S. The van der Waals surface area contributed by atoms with Crippen LogP contribution in [0.5, 0.6) is 0 Å². The summed E-state index contributed by atoms with van der Waals surface area (Å²) in [7, 11) is 1.79. The van der Waals surface area contributed by atoms with E-state index in [1.807, 2.05) is 6.20 Å². The molecule has 1 aromatic carbocycles. The molecule has 2 N–H and O–H groups in total. The van der Waals surface area contributed by atoms with Crippen molar-refractivity contribution in [1.82, 2.24) is 20.5 Å². The van der Waals surface area contributed by atoms with Gasteiger partial charge in [0, 0.05) is 31.2 Å². The van der Waals surface area contributed by atoms with E-state index in [9.17, 15) is 0 Å². The van der Waals surface area contributed by atoms with E-state index in [1.54, 1.807) is 18.4 Å². The summed E-state index contributed by atoms with van der Waals surface area (Å²) in [5.74, 6) is 0.794. The van der Waals surface area contributed by atoms with Crippen molar-refractivity contribution in [3.63, 3.8) is 0 Å². The molecule has 2 aromatic rings. The van der Waals surface area contributed by atoms with E-state index >= 15 is 0 Å². The molecule has 136 valence electrons. The Hall–Kier alpha value is -1.92. The average Bonchev–Trinajstić information content (AvgIpc) is 3.05. The highest BCUT2D eigenvalue weighted by atomic mass is 32.1. The smallest absolute Gasteiger partial charge is 0.191 e. The molecule has 0 atom stereocenters. The first-order chi connectivity index (χ1) is 12.1. The van der Waals surface area contributed by atoms with Crippen molar-refractivity contribution in [3.8, 4) is 0 Å². The first kappa shape index (κ1) is 19.4. The number of aromatic nitrogens is 1. The minimum atomic E-state index is 0.695. The van der Waals surface area contributed by atoms with E-state index in [1.165, 1.54) is 16.0 Å². The first-order valence-electron chi connectivity index (χ1n) is 8.80. The Morgan fingerprint density at radius 3 is 2.52 bits per heavy atom. The summed E-state index contributed by atoms with van der Waals surface area (Å²) in [5, 5.41) is 7.76. The minimum absolute atomic E-state index is 0.695. The summed E-state index contributed by atoms with van der Waals surface area (Å²) in [6, 6.07) is 8.74. The van der Waals surface area contributed by atoms with Crippen molar-refractivity contribution in [2.75, 3.05) is 20.1 Å². The van der Waals surface area contributed by atoms with Crippen LogP contribution in [-0.4, -0.2) is 36.0 Å². The van der Waals surface area contributed by atoms with Crippen molar-refractivity contribution in [2.24, 2.45) is 4.99 Å². The fraction of sp³-hybridized carbons (Fsp3) is 0.474. The molecule has 6 heteroatoms. The number of aryl methyl sites for hydroxylation is 1. The molecule has 25 heavy (non-hydrogen) atoms. The third kappa shape index (κ3) is 6.48. The molecule has 0 spiro atoms. The van der Waals surface area contributed by atoms with Gasteiger partial charge in [-0.3, -0.25) is 9.89 Å². The van der Waals surface area contributed by atoms with Gasteiger partial charge in [-0.1, -0.05) is 38.1 Å². The summed E-state index contributed by atoms with van der Waals surface area (Å²) in [6.45, 7) is 11.1. The van der Waals surface area contributed by atoms with Crippen molar-refractivity contribution >= 4 is 17.3 Å².